The van der Waals surface area contributed by atoms with Crippen LogP contribution in [0.5, 0.6) is 0 Å². The second-order valence-corrected chi connectivity index (χ2v) is 4.94. The summed E-state index contributed by atoms with van der Waals surface area (Å²) in [4.78, 5) is 10.6. The predicted octanol–water partition coefficient (Wildman–Crippen LogP) is 1.05. The first-order valence-corrected chi connectivity index (χ1v) is 6.09. The zero-order valence-electron chi connectivity index (χ0n) is 10.4. The summed E-state index contributed by atoms with van der Waals surface area (Å²) in [6.07, 6.45) is 3.36. The molecule has 0 amide bonds. The molecule has 0 spiro atoms. The maximum atomic E-state index is 10.3. The Hall–Kier alpha value is -1.36. The van der Waals surface area contributed by atoms with Gasteiger partial charge in [-0.2, -0.15) is 4.98 Å². The van der Waals surface area contributed by atoms with Gasteiger partial charge in [0.1, 0.15) is 5.82 Å². The molecule has 2 atom stereocenters. The van der Waals surface area contributed by atoms with Crippen molar-refractivity contribution < 1.29 is 5.11 Å². The first-order valence-electron chi connectivity index (χ1n) is 6.09. The van der Waals surface area contributed by atoms with Crippen LogP contribution in [-0.2, 0) is 0 Å². The third kappa shape index (κ3) is 2.49. The number of nitrogens with two attached hydrogens (primary N) is 1. The van der Waals surface area contributed by atoms with Gasteiger partial charge in [0.25, 0.3) is 0 Å². The smallest absolute Gasteiger partial charge is 0.227 e. The van der Waals surface area contributed by atoms with Crippen LogP contribution in [0.15, 0.2) is 12.3 Å². The van der Waals surface area contributed by atoms with Crippen LogP contribution >= 0.6 is 0 Å². The molecule has 0 aliphatic carbocycles. The summed E-state index contributed by atoms with van der Waals surface area (Å²) < 4.78 is 0. The minimum absolute atomic E-state index is 0.251. The molecule has 0 aromatic carbocycles. The van der Waals surface area contributed by atoms with Crippen molar-refractivity contribution in [3.05, 3.63) is 12.3 Å². The van der Waals surface area contributed by atoms with Gasteiger partial charge in [0.05, 0.1) is 5.60 Å². The maximum absolute atomic E-state index is 10.3. The molecule has 1 saturated heterocycles. The van der Waals surface area contributed by atoms with Crippen LogP contribution in [0.4, 0.5) is 11.8 Å². The quantitative estimate of drug-likeness (QED) is 0.802. The van der Waals surface area contributed by atoms with E-state index in [0.717, 1.165) is 25.9 Å². The third-order valence-corrected chi connectivity index (χ3v) is 3.65. The Labute approximate surface area is 102 Å². The van der Waals surface area contributed by atoms with Crippen LogP contribution in [0, 0.1) is 5.92 Å². The van der Waals surface area contributed by atoms with Crippen molar-refractivity contribution in [3.63, 3.8) is 0 Å². The molecule has 5 nitrogen and oxygen atoms in total. The third-order valence-electron chi connectivity index (χ3n) is 3.65. The van der Waals surface area contributed by atoms with Gasteiger partial charge in [-0.05, 0) is 25.8 Å². The molecule has 1 aliphatic rings. The van der Waals surface area contributed by atoms with E-state index in [1.54, 1.807) is 12.3 Å². The molecule has 17 heavy (non-hydrogen) atoms. The molecular formula is C12H20N4O. The van der Waals surface area contributed by atoms with E-state index in [4.69, 9.17) is 5.73 Å². The van der Waals surface area contributed by atoms with Gasteiger partial charge in [0.15, 0.2) is 0 Å². The van der Waals surface area contributed by atoms with Crippen molar-refractivity contribution in [2.75, 3.05) is 23.7 Å². The van der Waals surface area contributed by atoms with Crippen molar-refractivity contribution in [3.8, 4) is 0 Å². The van der Waals surface area contributed by atoms with Gasteiger partial charge in [-0.1, -0.05) is 6.92 Å². The van der Waals surface area contributed by atoms with E-state index >= 15 is 0 Å². The van der Waals surface area contributed by atoms with Gasteiger partial charge >= 0.3 is 0 Å². The largest absolute Gasteiger partial charge is 0.390 e. The molecule has 1 aliphatic heterocycles. The van der Waals surface area contributed by atoms with E-state index in [1.807, 2.05) is 6.92 Å². The molecule has 1 aromatic heterocycles. The number of nitrogens with zero attached hydrogens (tertiary/aromatic N) is 3. The highest BCUT2D eigenvalue weighted by Gasteiger charge is 2.37. The summed E-state index contributed by atoms with van der Waals surface area (Å²) in [5.74, 6) is 1.40. The van der Waals surface area contributed by atoms with E-state index in [9.17, 15) is 5.11 Å². The summed E-state index contributed by atoms with van der Waals surface area (Å²) in [5.41, 5.74) is 5.08. The number of hydrogen-bond acceptors (Lipinski definition) is 5. The van der Waals surface area contributed by atoms with Gasteiger partial charge < -0.3 is 15.7 Å². The van der Waals surface area contributed by atoms with Crippen molar-refractivity contribution >= 4 is 11.8 Å². The van der Waals surface area contributed by atoms with Crippen LogP contribution in [0.25, 0.3) is 0 Å². The average molecular weight is 236 g/mol. The number of aromatic nitrogens is 2. The monoisotopic (exact) mass is 236 g/mol. The first-order chi connectivity index (χ1) is 8.03. The lowest BCUT2D eigenvalue weighted by atomic mass is 9.81. The minimum atomic E-state index is -0.578. The summed E-state index contributed by atoms with van der Waals surface area (Å²) >= 11 is 0. The first kappa shape index (κ1) is 12.1. The van der Waals surface area contributed by atoms with Crippen LogP contribution < -0.4 is 10.6 Å². The lowest BCUT2D eigenvalue weighted by molar-refractivity contribution is -0.0185. The van der Waals surface area contributed by atoms with Gasteiger partial charge in [-0.3, -0.25) is 0 Å². The van der Waals surface area contributed by atoms with Crippen LogP contribution in [0.3, 0.4) is 0 Å². The minimum Gasteiger partial charge on any atom is -0.390 e. The molecule has 1 aromatic rings. The van der Waals surface area contributed by atoms with E-state index in [0.29, 0.717) is 11.8 Å². The molecule has 0 bridgehead atoms. The van der Waals surface area contributed by atoms with Gasteiger partial charge in [-0.15, -0.1) is 0 Å². The second-order valence-electron chi connectivity index (χ2n) is 4.94. The van der Waals surface area contributed by atoms with Crippen molar-refractivity contribution in [1.82, 2.24) is 9.97 Å². The summed E-state index contributed by atoms with van der Waals surface area (Å²) in [6.45, 7) is 5.57. The Morgan fingerprint density at radius 3 is 3.06 bits per heavy atom. The highest BCUT2D eigenvalue weighted by Crippen LogP contribution is 2.31. The Morgan fingerprint density at radius 2 is 2.41 bits per heavy atom. The van der Waals surface area contributed by atoms with Crippen molar-refractivity contribution in [1.29, 1.82) is 0 Å². The van der Waals surface area contributed by atoms with Crippen LogP contribution in [0.2, 0.25) is 0 Å². The molecule has 0 saturated carbocycles. The molecule has 5 heteroatoms. The average Bonchev–Trinajstić information content (AvgIpc) is 2.28. The Balaban J connectivity index is 2.15. The zero-order chi connectivity index (χ0) is 12.5. The number of nitrogen functional groups attached to an aromatic ring is 1. The predicted molar refractivity (Wildman–Crippen MR) is 67.7 cm³/mol. The van der Waals surface area contributed by atoms with E-state index in [2.05, 4.69) is 21.8 Å². The molecule has 3 N–H and O–H groups in total. The van der Waals surface area contributed by atoms with Gasteiger partial charge in [0.2, 0.25) is 5.95 Å². The van der Waals surface area contributed by atoms with Crippen LogP contribution in [0.1, 0.15) is 26.7 Å². The SMILES string of the molecule is CC[C@H]1CN(c2nccc(N)n2)CC[C@@]1(C)O. The fraction of sp³-hybridized carbons (Fsp3) is 0.667. The van der Waals surface area contributed by atoms with Gasteiger partial charge in [0, 0.05) is 25.2 Å². The number of piperidine rings is 1. The van der Waals surface area contributed by atoms with Crippen molar-refractivity contribution in [2.45, 2.75) is 32.3 Å². The number of aliphatic hydroxyl groups is 1. The Morgan fingerprint density at radius 1 is 1.65 bits per heavy atom. The number of anilines is 2. The highest BCUT2D eigenvalue weighted by molar-refractivity contribution is 5.38. The van der Waals surface area contributed by atoms with Crippen molar-refractivity contribution in [2.24, 2.45) is 5.92 Å². The molecule has 1 fully saturated rings. The fourth-order valence-electron chi connectivity index (χ4n) is 2.38. The molecule has 0 radical (unpaired) electrons. The number of rotatable bonds is 2. The Bertz CT molecular complexity index is 394. The number of hydrogen-bond donors (Lipinski definition) is 2. The zero-order valence-corrected chi connectivity index (χ0v) is 10.4. The lowest BCUT2D eigenvalue weighted by Gasteiger charge is -2.42. The molecule has 2 heterocycles. The summed E-state index contributed by atoms with van der Waals surface area (Å²) in [5, 5.41) is 10.3. The molecular weight excluding hydrogens is 216 g/mol. The topological polar surface area (TPSA) is 75.3 Å². The summed E-state index contributed by atoms with van der Waals surface area (Å²) in [7, 11) is 0. The van der Waals surface area contributed by atoms with E-state index in [-0.39, 0.29) is 5.92 Å². The van der Waals surface area contributed by atoms with E-state index in [1.165, 1.54) is 0 Å². The van der Waals surface area contributed by atoms with Crippen LogP contribution in [-0.4, -0.2) is 33.8 Å². The fourth-order valence-corrected chi connectivity index (χ4v) is 2.38. The summed E-state index contributed by atoms with van der Waals surface area (Å²) in [6, 6.07) is 1.68. The second kappa shape index (κ2) is 4.49. The molecule has 0 unspecified atom stereocenters. The highest BCUT2D eigenvalue weighted by atomic mass is 16.3. The normalized spacial score (nSPS) is 29.4. The maximum Gasteiger partial charge on any atom is 0.227 e. The van der Waals surface area contributed by atoms with Gasteiger partial charge in [-0.25, -0.2) is 4.98 Å². The Kier molecular flexibility index (Phi) is 3.19. The standard InChI is InChI=1S/C12H20N4O/c1-3-9-8-16(7-5-12(9,2)17)11-14-6-4-10(13)15-11/h4,6,9,17H,3,5,7-8H2,1-2H3,(H2,13,14,15)/t9-,12+/m0/s1. The lowest BCUT2D eigenvalue weighted by Crippen LogP contribution is -2.50. The molecule has 94 valence electrons. The molecule has 2 rings (SSSR count). The van der Waals surface area contributed by atoms with E-state index < -0.39 is 5.60 Å².